The molecule has 5 heteroatoms. The van der Waals surface area contributed by atoms with Crippen molar-refractivity contribution in [1.82, 2.24) is 0 Å². The van der Waals surface area contributed by atoms with Crippen LogP contribution in [-0.4, -0.2) is 25.2 Å². The zero-order valence-electron chi connectivity index (χ0n) is 11.3. The molecule has 0 spiro atoms. The maximum absolute atomic E-state index is 11.9. The molecule has 1 rings (SSSR count). The second-order valence-corrected chi connectivity index (χ2v) is 7.35. The number of rotatable bonds is 7. The smallest absolute Gasteiger partial charge is 0.307 e. The summed E-state index contributed by atoms with van der Waals surface area (Å²) in [4.78, 5) is 10.5. The van der Waals surface area contributed by atoms with Crippen molar-refractivity contribution < 1.29 is 18.3 Å². The lowest BCUT2D eigenvalue weighted by molar-refractivity contribution is -0.136. The van der Waals surface area contributed by atoms with E-state index in [1.54, 1.807) is 24.3 Å². The van der Waals surface area contributed by atoms with E-state index in [9.17, 15) is 13.2 Å². The predicted octanol–water partition coefficient (Wildman–Crippen LogP) is 2.27. The van der Waals surface area contributed by atoms with Crippen molar-refractivity contribution in [3.8, 4) is 0 Å². The highest BCUT2D eigenvalue weighted by atomic mass is 32.2. The van der Waals surface area contributed by atoms with E-state index in [4.69, 9.17) is 5.11 Å². The summed E-state index contributed by atoms with van der Waals surface area (Å²) in [5, 5.41) is 8.65. The Bertz CT molecular complexity index is 515. The molecular weight excluding hydrogens is 264 g/mol. The number of sulfone groups is 1. The summed E-state index contributed by atoms with van der Waals surface area (Å²) >= 11 is 0. The van der Waals surface area contributed by atoms with Gasteiger partial charge in [-0.2, -0.15) is 0 Å². The third-order valence-electron chi connectivity index (χ3n) is 2.77. The van der Waals surface area contributed by atoms with Crippen LogP contribution in [0.25, 0.3) is 0 Å². The topological polar surface area (TPSA) is 71.4 Å². The summed E-state index contributed by atoms with van der Waals surface area (Å²) in [6, 6.07) is 6.71. The van der Waals surface area contributed by atoms with Gasteiger partial charge in [-0.05, 0) is 23.5 Å². The molecule has 0 saturated heterocycles. The van der Waals surface area contributed by atoms with Crippen LogP contribution < -0.4 is 0 Å². The third kappa shape index (κ3) is 6.38. The Kier molecular flexibility index (Phi) is 5.54. The number of aliphatic carboxylic acids is 1. The number of carboxylic acids is 1. The minimum absolute atomic E-state index is 0.0209. The first kappa shape index (κ1) is 15.7. The highest BCUT2D eigenvalue weighted by Gasteiger charge is 2.13. The van der Waals surface area contributed by atoms with Gasteiger partial charge in [-0.3, -0.25) is 4.79 Å². The van der Waals surface area contributed by atoms with E-state index in [1.807, 2.05) is 13.8 Å². The van der Waals surface area contributed by atoms with Gasteiger partial charge in [-0.15, -0.1) is 0 Å². The first-order valence-corrected chi connectivity index (χ1v) is 8.10. The highest BCUT2D eigenvalue weighted by Crippen LogP contribution is 2.12. The molecule has 1 N–H and O–H groups in total. The summed E-state index contributed by atoms with van der Waals surface area (Å²) in [5.41, 5.74) is 1.38. The molecule has 4 nitrogen and oxygen atoms in total. The molecule has 1 aromatic rings. The molecule has 106 valence electrons. The lowest BCUT2D eigenvalue weighted by atomic mass is 10.1. The van der Waals surface area contributed by atoms with Crippen LogP contribution in [0.1, 0.15) is 31.4 Å². The van der Waals surface area contributed by atoms with E-state index in [0.717, 1.165) is 0 Å². The number of benzene rings is 1. The summed E-state index contributed by atoms with van der Waals surface area (Å²) in [7, 11) is -3.08. The SMILES string of the molecule is CC(C)CCS(=O)(=O)Cc1ccc(CC(=O)O)cc1. The summed E-state index contributed by atoms with van der Waals surface area (Å²) in [6.07, 6.45) is 0.625. The van der Waals surface area contributed by atoms with E-state index in [1.165, 1.54) is 0 Å². The van der Waals surface area contributed by atoms with Crippen LogP contribution in [0.15, 0.2) is 24.3 Å². The summed E-state index contributed by atoms with van der Waals surface area (Å²) in [5.74, 6) is -0.306. The molecule has 1 aromatic carbocycles. The lowest BCUT2D eigenvalue weighted by Gasteiger charge is -2.07. The Hall–Kier alpha value is -1.36. The van der Waals surface area contributed by atoms with E-state index < -0.39 is 15.8 Å². The molecule has 0 unspecified atom stereocenters. The fraction of sp³-hybridized carbons (Fsp3) is 0.500. The van der Waals surface area contributed by atoms with Crippen molar-refractivity contribution >= 4 is 15.8 Å². The molecule has 0 aliphatic rings. The average molecular weight is 284 g/mol. The van der Waals surface area contributed by atoms with Crippen molar-refractivity contribution in [3.05, 3.63) is 35.4 Å². The normalized spacial score (nSPS) is 11.7. The van der Waals surface area contributed by atoms with Crippen molar-refractivity contribution in [2.75, 3.05) is 5.75 Å². The second-order valence-electron chi connectivity index (χ2n) is 5.16. The molecule has 0 aliphatic heterocycles. The van der Waals surface area contributed by atoms with Gasteiger partial charge in [-0.1, -0.05) is 38.1 Å². The van der Waals surface area contributed by atoms with Crippen LogP contribution in [0.2, 0.25) is 0 Å². The van der Waals surface area contributed by atoms with E-state index in [-0.39, 0.29) is 17.9 Å². The van der Waals surface area contributed by atoms with Gasteiger partial charge in [-0.25, -0.2) is 8.42 Å². The quantitative estimate of drug-likeness (QED) is 0.833. The Morgan fingerprint density at radius 3 is 2.16 bits per heavy atom. The van der Waals surface area contributed by atoms with Gasteiger partial charge >= 0.3 is 5.97 Å². The van der Waals surface area contributed by atoms with Crippen molar-refractivity contribution in [1.29, 1.82) is 0 Å². The third-order valence-corrected chi connectivity index (χ3v) is 4.40. The van der Waals surface area contributed by atoms with Crippen molar-refractivity contribution in [2.24, 2.45) is 5.92 Å². The zero-order chi connectivity index (χ0) is 14.5. The number of carbonyl (C=O) groups is 1. The van der Waals surface area contributed by atoms with Crippen molar-refractivity contribution in [3.63, 3.8) is 0 Å². The van der Waals surface area contributed by atoms with E-state index >= 15 is 0 Å². The van der Waals surface area contributed by atoms with Gasteiger partial charge in [0, 0.05) is 0 Å². The van der Waals surface area contributed by atoms with Gasteiger partial charge in [0.2, 0.25) is 0 Å². The molecule has 0 atom stereocenters. The molecule has 0 fully saturated rings. The van der Waals surface area contributed by atoms with Gasteiger partial charge in [0.25, 0.3) is 0 Å². The Morgan fingerprint density at radius 1 is 1.16 bits per heavy atom. The summed E-state index contributed by atoms with van der Waals surface area (Å²) in [6.45, 7) is 3.99. The molecule has 0 aliphatic carbocycles. The number of hydrogen-bond acceptors (Lipinski definition) is 3. The molecule has 0 heterocycles. The Morgan fingerprint density at radius 2 is 1.68 bits per heavy atom. The summed E-state index contributed by atoms with van der Waals surface area (Å²) < 4.78 is 23.7. The molecule has 0 amide bonds. The van der Waals surface area contributed by atoms with E-state index in [0.29, 0.717) is 23.5 Å². The van der Waals surface area contributed by atoms with Gasteiger partial charge in [0.15, 0.2) is 9.84 Å². The van der Waals surface area contributed by atoms with Crippen LogP contribution in [0, 0.1) is 5.92 Å². The fourth-order valence-electron chi connectivity index (χ4n) is 1.67. The van der Waals surface area contributed by atoms with Gasteiger partial charge in [0.1, 0.15) is 0 Å². The maximum Gasteiger partial charge on any atom is 0.307 e. The average Bonchev–Trinajstić information content (AvgIpc) is 2.28. The zero-order valence-corrected chi connectivity index (χ0v) is 12.1. The first-order valence-electron chi connectivity index (χ1n) is 6.28. The van der Waals surface area contributed by atoms with Crippen molar-refractivity contribution in [2.45, 2.75) is 32.4 Å². The molecule has 0 aromatic heterocycles. The minimum Gasteiger partial charge on any atom is -0.481 e. The van der Waals surface area contributed by atoms with E-state index in [2.05, 4.69) is 0 Å². The van der Waals surface area contributed by atoms with Crippen LogP contribution >= 0.6 is 0 Å². The maximum atomic E-state index is 11.9. The standard InChI is InChI=1S/C14H20O4S/c1-11(2)7-8-19(17,18)10-13-5-3-12(4-6-13)9-14(15)16/h3-6,11H,7-10H2,1-2H3,(H,15,16). The van der Waals surface area contributed by atoms with Crippen LogP contribution in [0.5, 0.6) is 0 Å². The Labute approximate surface area is 114 Å². The van der Waals surface area contributed by atoms with Crippen LogP contribution in [-0.2, 0) is 26.8 Å². The van der Waals surface area contributed by atoms with Gasteiger partial charge in [0.05, 0.1) is 17.9 Å². The fourth-order valence-corrected chi connectivity index (χ4v) is 3.34. The predicted molar refractivity (Wildman–Crippen MR) is 74.7 cm³/mol. The number of carboxylic acid groups (broad SMARTS) is 1. The lowest BCUT2D eigenvalue weighted by Crippen LogP contribution is -2.11. The van der Waals surface area contributed by atoms with Crippen LogP contribution in [0.4, 0.5) is 0 Å². The molecular formula is C14H20O4S. The largest absolute Gasteiger partial charge is 0.481 e. The second kappa shape index (κ2) is 6.70. The monoisotopic (exact) mass is 284 g/mol. The first-order chi connectivity index (χ1) is 8.78. The number of hydrogen-bond donors (Lipinski definition) is 1. The highest BCUT2D eigenvalue weighted by molar-refractivity contribution is 7.90. The minimum atomic E-state index is -3.08. The molecule has 0 radical (unpaired) electrons. The van der Waals surface area contributed by atoms with Crippen LogP contribution in [0.3, 0.4) is 0 Å². The Balaban J connectivity index is 2.64. The molecule has 19 heavy (non-hydrogen) atoms. The van der Waals surface area contributed by atoms with Gasteiger partial charge < -0.3 is 5.11 Å². The molecule has 0 saturated carbocycles. The molecule has 0 bridgehead atoms.